The molecule has 11 aromatic rings. The molecule has 6 heteroatoms. The second kappa shape index (κ2) is 14.0. The highest BCUT2D eigenvalue weighted by atomic mass is 16.4. The van der Waals surface area contributed by atoms with Crippen LogP contribution in [0.5, 0.6) is 0 Å². The molecule has 11 rings (SSSR count). The molecular weight excluding hydrogens is 711 g/mol. The van der Waals surface area contributed by atoms with Crippen LogP contribution in [0.1, 0.15) is 0 Å². The normalized spacial score (nSPS) is 11.4. The standard InChI is InChI=1S/C52H33N5O/c1-6-16-34(17-7-1)39-27-29-47-46(32-39)57-45-33-40(26-28-44(45)53-52(57)58-47)48-42(35-18-8-2-9-19-35)30-41(31-43(48)36-20-10-3-11-21-36)51-55-49(37-22-12-4-13-23-37)54-50(56-51)38-24-14-5-15-25-38/h1-33H. The minimum absolute atomic E-state index is 0.563. The third-order valence-corrected chi connectivity index (χ3v) is 10.7. The molecule has 0 aliphatic rings. The molecule has 0 fully saturated rings. The summed E-state index contributed by atoms with van der Waals surface area (Å²) in [7, 11) is 0. The van der Waals surface area contributed by atoms with Crippen molar-refractivity contribution in [3.8, 4) is 78.7 Å². The highest BCUT2D eigenvalue weighted by Gasteiger charge is 2.22. The Morgan fingerprint density at radius 1 is 0.328 bits per heavy atom. The third kappa shape index (κ3) is 5.92. The lowest BCUT2D eigenvalue weighted by atomic mass is 9.85. The SMILES string of the molecule is c1ccc(-c2ccc3oc4nc5ccc(-c6c(-c7ccccc7)cc(-c7nc(-c8ccccc8)nc(-c8ccccc8)n7)cc6-c6ccccc6)cc5n4c3c2)cc1. The molecule has 6 nitrogen and oxygen atoms in total. The molecule has 0 amide bonds. The van der Waals surface area contributed by atoms with Gasteiger partial charge in [0, 0.05) is 16.7 Å². The summed E-state index contributed by atoms with van der Waals surface area (Å²) in [6.07, 6.45) is 0. The van der Waals surface area contributed by atoms with E-state index in [0.29, 0.717) is 23.3 Å². The Kier molecular flexibility index (Phi) is 8.04. The number of hydrogen-bond donors (Lipinski definition) is 0. The third-order valence-electron chi connectivity index (χ3n) is 10.7. The maximum Gasteiger partial charge on any atom is 0.307 e. The summed E-state index contributed by atoms with van der Waals surface area (Å²) >= 11 is 0. The molecule has 0 atom stereocenters. The van der Waals surface area contributed by atoms with Gasteiger partial charge in [-0.15, -0.1) is 0 Å². The largest absolute Gasteiger partial charge is 0.423 e. The number of aromatic nitrogens is 5. The number of nitrogens with zero attached hydrogens (tertiary/aromatic N) is 5. The van der Waals surface area contributed by atoms with Gasteiger partial charge < -0.3 is 4.42 Å². The van der Waals surface area contributed by atoms with Crippen molar-refractivity contribution >= 4 is 28.0 Å². The van der Waals surface area contributed by atoms with Gasteiger partial charge in [0.1, 0.15) is 0 Å². The van der Waals surface area contributed by atoms with Gasteiger partial charge in [0.05, 0.1) is 16.6 Å². The van der Waals surface area contributed by atoms with E-state index in [2.05, 4.69) is 132 Å². The van der Waals surface area contributed by atoms with Crippen molar-refractivity contribution < 1.29 is 4.42 Å². The predicted molar refractivity (Wildman–Crippen MR) is 234 cm³/mol. The highest BCUT2D eigenvalue weighted by molar-refractivity contribution is 6.00. The maximum absolute atomic E-state index is 6.34. The van der Waals surface area contributed by atoms with E-state index in [1.54, 1.807) is 0 Å². The van der Waals surface area contributed by atoms with Crippen LogP contribution in [0, 0.1) is 0 Å². The average molecular weight is 744 g/mol. The Hall–Kier alpha value is -7.96. The van der Waals surface area contributed by atoms with Gasteiger partial charge in [0.2, 0.25) is 0 Å². The molecule has 0 bridgehead atoms. The lowest BCUT2D eigenvalue weighted by Crippen LogP contribution is -2.01. The summed E-state index contributed by atoms with van der Waals surface area (Å²) in [4.78, 5) is 20.2. The Morgan fingerprint density at radius 3 is 1.31 bits per heavy atom. The van der Waals surface area contributed by atoms with E-state index >= 15 is 0 Å². The summed E-state index contributed by atoms with van der Waals surface area (Å²) in [6, 6.07) is 69.1. The number of benzene rings is 8. The van der Waals surface area contributed by atoms with Crippen LogP contribution >= 0.6 is 0 Å². The van der Waals surface area contributed by atoms with E-state index in [4.69, 9.17) is 24.4 Å². The number of hydrogen-bond acceptors (Lipinski definition) is 5. The van der Waals surface area contributed by atoms with Gasteiger partial charge in [-0.2, -0.15) is 4.98 Å². The van der Waals surface area contributed by atoms with Crippen LogP contribution in [0.3, 0.4) is 0 Å². The first-order valence-electron chi connectivity index (χ1n) is 19.3. The zero-order valence-corrected chi connectivity index (χ0v) is 31.2. The summed E-state index contributed by atoms with van der Waals surface area (Å²) in [5.74, 6) is 2.40. The van der Waals surface area contributed by atoms with E-state index in [1.165, 1.54) is 0 Å². The summed E-state index contributed by atoms with van der Waals surface area (Å²) in [5.41, 5.74) is 15.0. The molecule has 0 N–H and O–H groups in total. The van der Waals surface area contributed by atoms with Crippen LogP contribution in [0.15, 0.2) is 205 Å². The Morgan fingerprint density at radius 2 is 0.776 bits per heavy atom. The fourth-order valence-corrected chi connectivity index (χ4v) is 7.91. The number of rotatable bonds is 7. The monoisotopic (exact) mass is 743 g/mol. The van der Waals surface area contributed by atoms with E-state index < -0.39 is 0 Å². The predicted octanol–water partition coefficient (Wildman–Crippen LogP) is 13.1. The van der Waals surface area contributed by atoms with Crippen molar-refractivity contribution in [3.05, 3.63) is 200 Å². The van der Waals surface area contributed by atoms with Crippen LogP contribution < -0.4 is 0 Å². The van der Waals surface area contributed by atoms with E-state index in [-0.39, 0.29) is 0 Å². The molecule has 272 valence electrons. The fraction of sp³-hybridized carbons (Fsp3) is 0. The van der Waals surface area contributed by atoms with Gasteiger partial charge in [-0.25, -0.2) is 15.0 Å². The van der Waals surface area contributed by atoms with E-state index in [9.17, 15) is 0 Å². The van der Waals surface area contributed by atoms with Crippen molar-refractivity contribution in [2.45, 2.75) is 0 Å². The number of oxazole rings is 1. The quantitative estimate of drug-likeness (QED) is 0.163. The van der Waals surface area contributed by atoms with Gasteiger partial charge in [-0.3, -0.25) is 4.40 Å². The fourth-order valence-electron chi connectivity index (χ4n) is 7.91. The highest BCUT2D eigenvalue weighted by Crippen LogP contribution is 2.44. The van der Waals surface area contributed by atoms with Gasteiger partial charge in [0.15, 0.2) is 23.1 Å². The first kappa shape index (κ1) is 33.4. The van der Waals surface area contributed by atoms with E-state index in [0.717, 1.165) is 83.3 Å². The minimum atomic E-state index is 0.563. The summed E-state index contributed by atoms with van der Waals surface area (Å²) in [5, 5.41) is 0. The zero-order valence-electron chi connectivity index (χ0n) is 31.2. The van der Waals surface area contributed by atoms with Crippen LogP contribution in [-0.2, 0) is 0 Å². The van der Waals surface area contributed by atoms with Gasteiger partial charge in [0.25, 0.3) is 0 Å². The molecule has 8 aromatic carbocycles. The molecule has 58 heavy (non-hydrogen) atoms. The Balaban J connectivity index is 1.17. The molecule has 0 unspecified atom stereocenters. The topological polar surface area (TPSA) is 69.1 Å². The summed E-state index contributed by atoms with van der Waals surface area (Å²) in [6.45, 7) is 0. The van der Waals surface area contributed by atoms with Crippen molar-refractivity contribution in [2.75, 3.05) is 0 Å². The molecular formula is C52H33N5O. The van der Waals surface area contributed by atoms with Crippen molar-refractivity contribution in [1.82, 2.24) is 24.3 Å². The molecule has 0 aliphatic carbocycles. The molecule has 0 spiro atoms. The second-order valence-corrected chi connectivity index (χ2v) is 14.3. The van der Waals surface area contributed by atoms with Crippen molar-refractivity contribution in [2.24, 2.45) is 0 Å². The Bertz CT molecular complexity index is 3130. The van der Waals surface area contributed by atoms with Crippen LogP contribution in [0.25, 0.3) is 107 Å². The smallest absolute Gasteiger partial charge is 0.307 e. The van der Waals surface area contributed by atoms with Crippen LogP contribution in [0.2, 0.25) is 0 Å². The number of imidazole rings is 1. The van der Waals surface area contributed by atoms with Crippen LogP contribution in [-0.4, -0.2) is 24.3 Å². The van der Waals surface area contributed by atoms with Gasteiger partial charge in [-0.05, 0) is 80.9 Å². The molecule has 0 saturated carbocycles. The second-order valence-electron chi connectivity index (χ2n) is 14.3. The lowest BCUT2D eigenvalue weighted by Gasteiger charge is -2.19. The van der Waals surface area contributed by atoms with Crippen LogP contribution in [0.4, 0.5) is 0 Å². The lowest BCUT2D eigenvalue weighted by molar-refractivity contribution is 0.643. The first-order valence-corrected chi connectivity index (χ1v) is 19.3. The maximum atomic E-state index is 6.34. The zero-order chi connectivity index (χ0) is 38.4. The van der Waals surface area contributed by atoms with Gasteiger partial charge >= 0.3 is 5.84 Å². The van der Waals surface area contributed by atoms with Gasteiger partial charge in [-0.1, -0.05) is 164 Å². The van der Waals surface area contributed by atoms with E-state index in [1.807, 2.05) is 72.8 Å². The molecule has 0 radical (unpaired) electrons. The molecule has 0 aliphatic heterocycles. The minimum Gasteiger partial charge on any atom is -0.423 e. The van der Waals surface area contributed by atoms with Crippen molar-refractivity contribution in [3.63, 3.8) is 0 Å². The molecule has 0 saturated heterocycles. The summed E-state index contributed by atoms with van der Waals surface area (Å²) < 4.78 is 8.48. The van der Waals surface area contributed by atoms with Crippen molar-refractivity contribution in [1.29, 1.82) is 0 Å². The number of fused-ring (bicyclic) bond motifs is 5. The Labute approximate surface area is 334 Å². The molecule has 3 heterocycles. The average Bonchev–Trinajstić information content (AvgIpc) is 3.85. The first-order chi connectivity index (χ1) is 28.7. The molecule has 3 aromatic heterocycles.